The lowest BCUT2D eigenvalue weighted by atomic mass is 9.93. The van der Waals surface area contributed by atoms with E-state index in [4.69, 9.17) is 0 Å². The van der Waals surface area contributed by atoms with Crippen molar-refractivity contribution in [2.24, 2.45) is 5.92 Å². The van der Waals surface area contributed by atoms with Gasteiger partial charge in [0.2, 0.25) is 0 Å². The van der Waals surface area contributed by atoms with E-state index in [1.54, 1.807) is 0 Å². The van der Waals surface area contributed by atoms with Gasteiger partial charge in [0.1, 0.15) is 0 Å². The van der Waals surface area contributed by atoms with Crippen molar-refractivity contribution in [2.45, 2.75) is 18.8 Å². The van der Waals surface area contributed by atoms with Gasteiger partial charge in [-0.1, -0.05) is 61.5 Å². The van der Waals surface area contributed by atoms with Crippen LogP contribution in [-0.4, -0.2) is 11.7 Å². The van der Waals surface area contributed by atoms with Crippen LogP contribution in [0.3, 0.4) is 0 Å². The van der Waals surface area contributed by atoms with Gasteiger partial charge >= 0.3 is 0 Å². The van der Waals surface area contributed by atoms with Crippen LogP contribution in [-0.2, 0) is 5.41 Å². The lowest BCUT2D eigenvalue weighted by molar-refractivity contribution is 0.265. The maximum atomic E-state index is 9.24. The fourth-order valence-corrected chi connectivity index (χ4v) is 2.75. The summed E-state index contributed by atoms with van der Waals surface area (Å²) in [6.45, 7) is 2.54. The molecule has 1 N–H and O–H groups in total. The van der Waals surface area contributed by atoms with E-state index < -0.39 is 0 Å². The Morgan fingerprint density at radius 1 is 1.00 bits per heavy atom. The third kappa shape index (κ3) is 1.85. The van der Waals surface area contributed by atoms with E-state index in [-0.39, 0.29) is 5.41 Å². The van der Waals surface area contributed by atoms with E-state index in [1.165, 1.54) is 16.7 Å². The first-order valence-electron chi connectivity index (χ1n) is 6.51. The molecule has 0 aliphatic heterocycles. The van der Waals surface area contributed by atoms with Gasteiger partial charge in [-0.15, -0.1) is 0 Å². The average Bonchev–Trinajstić information content (AvgIpc) is 3.13. The number of benzene rings is 2. The summed E-state index contributed by atoms with van der Waals surface area (Å²) < 4.78 is 0. The van der Waals surface area contributed by atoms with Crippen LogP contribution in [0.5, 0.6) is 0 Å². The second-order valence-electron chi connectivity index (χ2n) is 5.44. The summed E-state index contributed by atoms with van der Waals surface area (Å²) in [5.74, 6) is 0.445. The number of aliphatic hydroxyl groups excluding tert-OH is 1. The SMILES string of the molecule is CC1(c2ccc(-c3ccccc3)cc2)CC1CO. The highest BCUT2D eigenvalue weighted by atomic mass is 16.3. The maximum Gasteiger partial charge on any atom is 0.0468 e. The summed E-state index contributed by atoms with van der Waals surface area (Å²) >= 11 is 0. The van der Waals surface area contributed by atoms with Crippen LogP contribution in [0.4, 0.5) is 0 Å². The molecule has 18 heavy (non-hydrogen) atoms. The molecule has 0 amide bonds. The van der Waals surface area contributed by atoms with Crippen molar-refractivity contribution in [3.63, 3.8) is 0 Å². The van der Waals surface area contributed by atoms with E-state index in [0.29, 0.717) is 12.5 Å². The van der Waals surface area contributed by atoms with Crippen molar-refractivity contribution in [3.8, 4) is 11.1 Å². The van der Waals surface area contributed by atoms with Crippen molar-refractivity contribution >= 4 is 0 Å². The molecule has 1 nitrogen and oxygen atoms in total. The molecule has 1 saturated carbocycles. The van der Waals surface area contributed by atoms with Crippen molar-refractivity contribution in [2.75, 3.05) is 6.61 Å². The molecule has 2 atom stereocenters. The van der Waals surface area contributed by atoms with Crippen LogP contribution in [0, 0.1) is 5.92 Å². The third-order valence-electron chi connectivity index (χ3n) is 4.28. The van der Waals surface area contributed by atoms with E-state index in [1.807, 2.05) is 6.07 Å². The highest BCUT2D eigenvalue weighted by molar-refractivity contribution is 5.63. The summed E-state index contributed by atoms with van der Waals surface area (Å²) in [6.07, 6.45) is 1.11. The minimum atomic E-state index is 0.198. The third-order valence-corrected chi connectivity index (χ3v) is 4.28. The first-order chi connectivity index (χ1) is 8.74. The second kappa shape index (κ2) is 4.25. The summed E-state index contributed by atoms with van der Waals surface area (Å²) in [5.41, 5.74) is 4.05. The molecule has 2 aromatic carbocycles. The van der Waals surface area contributed by atoms with Gasteiger partial charge in [-0.05, 0) is 34.4 Å². The Balaban J connectivity index is 1.87. The molecule has 1 fully saturated rings. The molecule has 0 saturated heterocycles. The van der Waals surface area contributed by atoms with Gasteiger partial charge in [0.05, 0.1) is 0 Å². The van der Waals surface area contributed by atoms with Crippen LogP contribution >= 0.6 is 0 Å². The topological polar surface area (TPSA) is 20.2 Å². The molecule has 3 rings (SSSR count). The Labute approximate surface area is 108 Å². The molecule has 1 aliphatic carbocycles. The number of hydrogen-bond acceptors (Lipinski definition) is 1. The van der Waals surface area contributed by atoms with Crippen molar-refractivity contribution in [1.82, 2.24) is 0 Å². The number of rotatable bonds is 3. The Kier molecular flexibility index (Phi) is 2.71. The van der Waals surface area contributed by atoms with Gasteiger partial charge in [0.25, 0.3) is 0 Å². The zero-order valence-corrected chi connectivity index (χ0v) is 10.6. The van der Waals surface area contributed by atoms with E-state index in [9.17, 15) is 5.11 Å². The molecular formula is C17H18O. The molecule has 0 aromatic heterocycles. The zero-order chi connectivity index (χ0) is 12.6. The standard InChI is InChI=1S/C17H18O/c1-17(11-16(17)12-18)15-9-7-14(8-10-15)13-5-3-2-4-6-13/h2-10,16,18H,11-12H2,1H3. The molecule has 0 bridgehead atoms. The van der Waals surface area contributed by atoms with Crippen LogP contribution < -0.4 is 0 Å². The highest BCUT2D eigenvalue weighted by Gasteiger charge is 2.50. The average molecular weight is 238 g/mol. The first kappa shape index (κ1) is 11.5. The summed E-state index contributed by atoms with van der Waals surface area (Å²) in [6, 6.07) is 19.2. The van der Waals surface area contributed by atoms with Gasteiger partial charge in [-0.25, -0.2) is 0 Å². The van der Waals surface area contributed by atoms with E-state index in [2.05, 4.69) is 55.5 Å². The van der Waals surface area contributed by atoms with Gasteiger partial charge in [0, 0.05) is 6.61 Å². The van der Waals surface area contributed by atoms with Crippen LogP contribution in [0.2, 0.25) is 0 Å². The lowest BCUT2D eigenvalue weighted by Gasteiger charge is -2.12. The van der Waals surface area contributed by atoms with Gasteiger partial charge in [-0.2, -0.15) is 0 Å². The largest absolute Gasteiger partial charge is 0.396 e. The van der Waals surface area contributed by atoms with Crippen LogP contribution in [0.15, 0.2) is 54.6 Å². The Morgan fingerprint density at radius 3 is 2.17 bits per heavy atom. The smallest absolute Gasteiger partial charge is 0.0468 e. The maximum absolute atomic E-state index is 9.24. The Bertz CT molecular complexity index is 529. The fourth-order valence-electron chi connectivity index (χ4n) is 2.75. The minimum absolute atomic E-state index is 0.198. The molecule has 0 spiro atoms. The molecule has 2 unspecified atom stereocenters. The van der Waals surface area contributed by atoms with Crippen LogP contribution in [0.25, 0.3) is 11.1 Å². The predicted molar refractivity (Wildman–Crippen MR) is 74.4 cm³/mol. The Hall–Kier alpha value is -1.60. The highest BCUT2D eigenvalue weighted by Crippen LogP contribution is 2.53. The molecule has 0 radical (unpaired) electrons. The molecule has 1 heteroatoms. The van der Waals surface area contributed by atoms with E-state index in [0.717, 1.165) is 6.42 Å². The number of hydrogen-bond donors (Lipinski definition) is 1. The van der Waals surface area contributed by atoms with Crippen molar-refractivity contribution < 1.29 is 5.11 Å². The summed E-state index contributed by atoms with van der Waals surface area (Å²) in [4.78, 5) is 0. The second-order valence-corrected chi connectivity index (χ2v) is 5.44. The van der Waals surface area contributed by atoms with Crippen LogP contribution in [0.1, 0.15) is 18.9 Å². The molecule has 92 valence electrons. The molecule has 2 aromatic rings. The van der Waals surface area contributed by atoms with Gasteiger partial charge in [0.15, 0.2) is 0 Å². The normalized spacial score (nSPS) is 26.0. The van der Waals surface area contributed by atoms with Gasteiger partial charge in [-0.3, -0.25) is 0 Å². The monoisotopic (exact) mass is 238 g/mol. The fraction of sp³-hybridized carbons (Fsp3) is 0.294. The van der Waals surface area contributed by atoms with Gasteiger partial charge < -0.3 is 5.11 Å². The molecule has 0 heterocycles. The summed E-state index contributed by atoms with van der Waals surface area (Å²) in [5, 5.41) is 9.24. The lowest BCUT2D eigenvalue weighted by Crippen LogP contribution is -2.06. The van der Waals surface area contributed by atoms with Crippen molar-refractivity contribution in [3.05, 3.63) is 60.2 Å². The first-order valence-corrected chi connectivity index (χ1v) is 6.51. The quantitative estimate of drug-likeness (QED) is 0.865. The molecule has 1 aliphatic rings. The molecular weight excluding hydrogens is 220 g/mol. The zero-order valence-electron chi connectivity index (χ0n) is 10.6. The van der Waals surface area contributed by atoms with Crippen molar-refractivity contribution in [1.29, 1.82) is 0 Å². The Morgan fingerprint density at radius 2 is 1.61 bits per heavy atom. The van der Waals surface area contributed by atoms with E-state index >= 15 is 0 Å². The number of aliphatic hydroxyl groups is 1. The minimum Gasteiger partial charge on any atom is -0.396 e. The summed E-state index contributed by atoms with van der Waals surface area (Å²) in [7, 11) is 0. The predicted octanol–water partition coefficient (Wildman–Crippen LogP) is 3.62.